The third-order valence-electron chi connectivity index (χ3n) is 3.71. The monoisotopic (exact) mass is 433 g/mol. The quantitative estimate of drug-likeness (QED) is 0.686. The van der Waals surface area contributed by atoms with E-state index in [0.717, 1.165) is 17.3 Å². The molecule has 1 aliphatic heterocycles. The van der Waals surface area contributed by atoms with Crippen molar-refractivity contribution in [3.8, 4) is 11.5 Å². The second-order valence-corrected chi connectivity index (χ2v) is 7.44. The highest BCUT2D eigenvalue weighted by molar-refractivity contribution is 9.10. The number of amides is 2. The van der Waals surface area contributed by atoms with E-state index in [9.17, 15) is 14.7 Å². The van der Waals surface area contributed by atoms with E-state index in [0.29, 0.717) is 22.4 Å². The van der Waals surface area contributed by atoms with Gasteiger partial charge in [-0.05, 0) is 42.5 Å². The van der Waals surface area contributed by atoms with Gasteiger partial charge in [0.2, 0.25) is 0 Å². The number of ether oxygens (including phenoxy) is 1. The van der Waals surface area contributed by atoms with Crippen molar-refractivity contribution in [2.45, 2.75) is 13.5 Å². The summed E-state index contributed by atoms with van der Waals surface area (Å²) < 4.78 is 6.09. The molecular weight excluding hydrogens is 418 g/mol. The number of nitrogens with zero attached hydrogens (tertiary/aromatic N) is 1. The zero-order chi connectivity index (χ0) is 18.7. The molecule has 1 N–H and O–H groups in total. The SMILES string of the molecule is CCOc1cc(Br)cc(/C=C2\SC(=O)N(Cc3ccccc3)C2=O)c1O. The summed E-state index contributed by atoms with van der Waals surface area (Å²) in [7, 11) is 0. The zero-order valence-corrected chi connectivity index (χ0v) is 16.3. The van der Waals surface area contributed by atoms with Crippen LogP contribution in [0.4, 0.5) is 4.79 Å². The van der Waals surface area contributed by atoms with Gasteiger partial charge in [-0.2, -0.15) is 0 Å². The molecule has 2 amide bonds. The van der Waals surface area contributed by atoms with Crippen LogP contribution in [0.2, 0.25) is 0 Å². The van der Waals surface area contributed by atoms with Crippen LogP contribution in [0.25, 0.3) is 6.08 Å². The largest absolute Gasteiger partial charge is 0.504 e. The lowest BCUT2D eigenvalue weighted by atomic mass is 10.1. The lowest BCUT2D eigenvalue weighted by Crippen LogP contribution is -2.27. The van der Waals surface area contributed by atoms with Gasteiger partial charge in [0.15, 0.2) is 11.5 Å². The van der Waals surface area contributed by atoms with Gasteiger partial charge in [-0.15, -0.1) is 0 Å². The van der Waals surface area contributed by atoms with Gasteiger partial charge in [0.1, 0.15) is 0 Å². The second-order valence-electron chi connectivity index (χ2n) is 5.53. The predicted molar refractivity (Wildman–Crippen MR) is 105 cm³/mol. The number of hydrogen-bond acceptors (Lipinski definition) is 5. The third-order valence-corrected chi connectivity index (χ3v) is 5.08. The van der Waals surface area contributed by atoms with Crippen LogP contribution in [0.1, 0.15) is 18.1 Å². The Hall–Kier alpha value is -2.25. The van der Waals surface area contributed by atoms with E-state index in [2.05, 4.69) is 15.9 Å². The Morgan fingerprint density at radius 3 is 2.65 bits per heavy atom. The molecule has 0 unspecified atom stereocenters. The Kier molecular flexibility index (Phi) is 5.68. The Morgan fingerprint density at radius 1 is 1.23 bits per heavy atom. The molecule has 5 nitrogen and oxygen atoms in total. The molecule has 134 valence electrons. The minimum atomic E-state index is -0.374. The molecule has 2 aromatic rings. The number of halogens is 1. The van der Waals surface area contributed by atoms with Gasteiger partial charge in [-0.1, -0.05) is 46.3 Å². The normalized spacial score (nSPS) is 15.8. The van der Waals surface area contributed by atoms with Crippen LogP contribution in [0.15, 0.2) is 51.8 Å². The zero-order valence-electron chi connectivity index (χ0n) is 13.9. The number of thioether (sulfide) groups is 1. The fraction of sp³-hybridized carbons (Fsp3) is 0.158. The summed E-state index contributed by atoms with van der Waals surface area (Å²) in [5.41, 5.74) is 1.29. The van der Waals surface area contributed by atoms with Crippen molar-refractivity contribution in [3.63, 3.8) is 0 Å². The molecule has 1 saturated heterocycles. The summed E-state index contributed by atoms with van der Waals surface area (Å²) in [5, 5.41) is 10.0. The molecule has 0 spiro atoms. The minimum absolute atomic E-state index is 0.0649. The van der Waals surface area contributed by atoms with E-state index < -0.39 is 0 Å². The van der Waals surface area contributed by atoms with E-state index in [4.69, 9.17) is 4.74 Å². The molecule has 0 aliphatic carbocycles. The lowest BCUT2D eigenvalue weighted by Gasteiger charge is -2.12. The maximum absolute atomic E-state index is 12.6. The van der Waals surface area contributed by atoms with Gasteiger partial charge in [0.25, 0.3) is 11.1 Å². The Labute approximate surface area is 163 Å². The van der Waals surface area contributed by atoms with Crippen LogP contribution < -0.4 is 4.74 Å². The molecule has 1 aliphatic rings. The van der Waals surface area contributed by atoms with Gasteiger partial charge in [-0.25, -0.2) is 0 Å². The molecule has 0 radical (unpaired) electrons. The summed E-state index contributed by atoms with van der Waals surface area (Å²) in [5.74, 6) is -0.122. The molecule has 0 saturated carbocycles. The van der Waals surface area contributed by atoms with Gasteiger partial charge in [0, 0.05) is 10.0 Å². The number of carbonyl (C=O) groups is 2. The maximum atomic E-state index is 12.6. The molecule has 3 rings (SSSR count). The molecule has 0 atom stereocenters. The smallest absolute Gasteiger partial charge is 0.293 e. The van der Waals surface area contributed by atoms with E-state index in [1.807, 2.05) is 37.3 Å². The third kappa shape index (κ3) is 3.94. The Morgan fingerprint density at radius 2 is 1.96 bits per heavy atom. The first-order valence-corrected chi connectivity index (χ1v) is 9.55. The summed E-state index contributed by atoms with van der Waals surface area (Å²) >= 11 is 4.22. The first-order valence-electron chi connectivity index (χ1n) is 7.94. The van der Waals surface area contributed by atoms with Crippen molar-refractivity contribution in [3.05, 3.63) is 63.0 Å². The number of rotatable bonds is 5. The number of phenols is 1. The van der Waals surface area contributed by atoms with Gasteiger partial charge in [-0.3, -0.25) is 14.5 Å². The minimum Gasteiger partial charge on any atom is -0.504 e. The number of benzene rings is 2. The molecule has 0 bridgehead atoms. The molecule has 26 heavy (non-hydrogen) atoms. The molecule has 0 aromatic heterocycles. The van der Waals surface area contributed by atoms with Crippen LogP contribution in [0.3, 0.4) is 0 Å². The van der Waals surface area contributed by atoms with Crippen LogP contribution in [-0.4, -0.2) is 27.8 Å². The first kappa shape index (κ1) is 18.5. The Bertz CT molecular complexity index is 883. The number of hydrogen-bond donors (Lipinski definition) is 1. The second kappa shape index (κ2) is 7.97. The number of phenolic OH excluding ortho intramolecular Hbond substituents is 1. The summed E-state index contributed by atoms with van der Waals surface area (Å²) in [4.78, 5) is 26.3. The van der Waals surface area contributed by atoms with Gasteiger partial charge in [0.05, 0.1) is 18.1 Å². The highest BCUT2D eigenvalue weighted by Crippen LogP contribution is 2.39. The van der Waals surface area contributed by atoms with Crippen LogP contribution >= 0.6 is 27.7 Å². The number of carbonyl (C=O) groups excluding carboxylic acids is 2. The van der Waals surface area contributed by atoms with Gasteiger partial charge >= 0.3 is 0 Å². The predicted octanol–water partition coefficient (Wildman–Crippen LogP) is 4.79. The average molecular weight is 434 g/mol. The molecule has 1 fully saturated rings. The van der Waals surface area contributed by atoms with E-state index in [-0.39, 0.29) is 28.3 Å². The maximum Gasteiger partial charge on any atom is 0.293 e. The van der Waals surface area contributed by atoms with Crippen LogP contribution in [0, 0.1) is 0 Å². The fourth-order valence-electron chi connectivity index (χ4n) is 2.51. The summed E-state index contributed by atoms with van der Waals surface area (Å²) in [6.45, 7) is 2.43. The highest BCUT2D eigenvalue weighted by Gasteiger charge is 2.35. The fourth-order valence-corrected chi connectivity index (χ4v) is 3.80. The summed E-state index contributed by atoms with van der Waals surface area (Å²) in [6.07, 6.45) is 1.51. The van der Waals surface area contributed by atoms with Crippen molar-refractivity contribution in [2.24, 2.45) is 0 Å². The van der Waals surface area contributed by atoms with Crippen molar-refractivity contribution >= 4 is 44.9 Å². The topological polar surface area (TPSA) is 66.8 Å². The van der Waals surface area contributed by atoms with Crippen LogP contribution in [-0.2, 0) is 11.3 Å². The first-order chi connectivity index (χ1) is 12.5. The van der Waals surface area contributed by atoms with Crippen molar-refractivity contribution < 1.29 is 19.4 Å². The van der Waals surface area contributed by atoms with Gasteiger partial charge < -0.3 is 9.84 Å². The standard InChI is InChI=1S/C19H16BrNO4S/c1-2-25-15-10-14(20)8-13(17(15)22)9-16-18(23)21(19(24)26-16)11-12-6-4-3-5-7-12/h3-10,22H,2,11H2,1H3/b16-9-. The van der Waals surface area contributed by atoms with Crippen molar-refractivity contribution in [1.29, 1.82) is 0 Å². The number of aromatic hydroxyl groups is 1. The molecule has 1 heterocycles. The van der Waals surface area contributed by atoms with E-state index >= 15 is 0 Å². The number of imide groups is 1. The van der Waals surface area contributed by atoms with Crippen molar-refractivity contribution in [1.82, 2.24) is 4.90 Å². The molecule has 7 heteroatoms. The van der Waals surface area contributed by atoms with E-state index in [1.165, 1.54) is 11.0 Å². The summed E-state index contributed by atoms with van der Waals surface area (Å²) in [6, 6.07) is 12.6. The highest BCUT2D eigenvalue weighted by atomic mass is 79.9. The molecular formula is C19H16BrNO4S. The van der Waals surface area contributed by atoms with Crippen molar-refractivity contribution in [2.75, 3.05) is 6.61 Å². The van der Waals surface area contributed by atoms with E-state index in [1.54, 1.807) is 12.1 Å². The Balaban J connectivity index is 1.88. The molecule has 2 aromatic carbocycles. The average Bonchev–Trinajstić information content (AvgIpc) is 2.87. The van der Waals surface area contributed by atoms with Crippen LogP contribution in [0.5, 0.6) is 11.5 Å². The lowest BCUT2D eigenvalue weighted by molar-refractivity contribution is -0.123.